The second-order valence-corrected chi connectivity index (χ2v) is 7.56. The van der Waals surface area contributed by atoms with Gasteiger partial charge in [0.2, 0.25) is 0 Å². The van der Waals surface area contributed by atoms with Crippen molar-refractivity contribution in [1.29, 1.82) is 0 Å². The van der Waals surface area contributed by atoms with E-state index in [-0.39, 0.29) is 11.4 Å². The molecule has 0 saturated heterocycles. The third kappa shape index (κ3) is 6.06. The van der Waals surface area contributed by atoms with Crippen LogP contribution in [0.5, 0.6) is 5.75 Å². The second kappa shape index (κ2) is 9.75. The molecular formula is C22H20F3NO3S. The van der Waals surface area contributed by atoms with E-state index in [1.807, 2.05) is 42.5 Å². The minimum atomic E-state index is -4.51. The van der Waals surface area contributed by atoms with E-state index >= 15 is 0 Å². The molecule has 30 heavy (non-hydrogen) atoms. The van der Waals surface area contributed by atoms with E-state index in [4.69, 9.17) is 9.47 Å². The molecule has 4 nitrogen and oxygen atoms in total. The number of hydrogen-bond acceptors (Lipinski definition) is 5. The second-order valence-electron chi connectivity index (χ2n) is 6.67. The van der Waals surface area contributed by atoms with Gasteiger partial charge in [0.15, 0.2) is 5.69 Å². The Morgan fingerprint density at radius 3 is 2.37 bits per heavy atom. The Bertz CT molecular complexity index is 956. The Hall–Kier alpha value is -2.87. The highest BCUT2D eigenvalue weighted by molar-refractivity contribution is 7.09. The van der Waals surface area contributed by atoms with Crippen LogP contribution in [0.2, 0.25) is 0 Å². The predicted octanol–water partition coefficient (Wildman–Crippen LogP) is 5.63. The van der Waals surface area contributed by atoms with Crippen LogP contribution in [0.4, 0.5) is 13.2 Å². The molecule has 0 saturated carbocycles. The Labute approximate surface area is 176 Å². The molecule has 2 aromatic carbocycles. The van der Waals surface area contributed by atoms with Crippen LogP contribution in [0.15, 0.2) is 60.0 Å². The Kier molecular flexibility index (Phi) is 7.10. The lowest BCUT2D eigenvalue weighted by molar-refractivity contribution is -0.141. The Morgan fingerprint density at radius 1 is 1.07 bits per heavy atom. The summed E-state index contributed by atoms with van der Waals surface area (Å²) in [4.78, 5) is 15.5. The van der Waals surface area contributed by atoms with Gasteiger partial charge in [0, 0.05) is 11.3 Å². The topological polar surface area (TPSA) is 48.4 Å². The number of carbonyl (C=O) groups is 1. The smallest absolute Gasteiger partial charge is 0.434 e. The van der Waals surface area contributed by atoms with E-state index in [1.54, 1.807) is 12.1 Å². The number of aromatic nitrogens is 1. The number of hydrogen-bond donors (Lipinski definition) is 0. The maximum Gasteiger partial charge on any atom is 0.434 e. The van der Waals surface area contributed by atoms with E-state index in [0.29, 0.717) is 18.8 Å². The van der Waals surface area contributed by atoms with Crippen LogP contribution in [-0.2, 0) is 28.7 Å². The summed E-state index contributed by atoms with van der Waals surface area (Å²) in [7, 11) is 1.25. The molecule has 0 bridgehead atoms. The van der Waals surface area contributed by atoms with Gasteiger partial charge < -0.3 is 9.47 Å². The molecule has 0 aliphatic heterocycles. The van der Waals surface area contributed by atoms with E-state index in [9.17, 15) is 18.0 Å². The van der Waals surface area contributed by atoms with Crippen LogP contribution in [0.25, 0.3) is 0 Å². The summed E-state index contributed by atoms with van der Waals surface area (Å²) < 4.78 is 49.1. The van der Waals surface area contributed by atoms with Gasteiger partial charge in [-0.25, -0.2) is 4.98 Å². The van der Waals surface area contributed by atoms with Crippen molar-refractivity contribution in [3.05, 3.63) is 81.8 Å². The van der Waals surface area contributed by atoms with Gasteiger partial charge in [0.1, 0.15) is 12.4 Å². The highest BCUT2D eigenvalue weighted by atomic mass is 32.1. The van der Waals surface area contributed by atoms with Crippen molar-refractivity contribution in [1.82, 2.24) is 4.98 Å². The predicted molar refractivity (Wildman–Crippen MR) is 107 cm³/mol. The number of benzene rings is 2. The summed E-state index contributed by atoms with van der Waals surface area (Å²) in [6.45, 7) is 0.435. The zero-order valence-corrected chi connectivity index (χ0v) is 17.0. The molecule has 0 fully saturated rings. The highest BCUT2D eigenvalue weighted by Gasteiger charge is 2.34. The zero-order valence-electron chi connectivity index (χ0n) is 16.2. The molecule has 1 heterocycles. The fourth-order valence-electron chi connectivity index (χ4n) is 2.88. The Morgan fingerprint density at radius 2 is 1.77 bits per heavy atom. The minimum Gasteiger partial charge on any atom is -0.489 e. The average molecular weight is 435 g/mol. The molecule has 1 unspecified atom stereocenters. The molecule has 3 aromatic rings. The van der Waals surface area contributed by atoms with E-state index in [0.717, 1.165) is 27.8 Å². The number of ether oxygens (including phenoxy) is 2. The van der Waals surface area contributed by atoms with Gasteiger partial charge in [0.25, 0.3) is 0 Å². The van der Waals surface area contributed by atoms with Gasteiger partial charge in [-0.15, -0.1) is 11.3 Å². The molecule has 0 amide bonds. The van der Waals surface area contributed by atoms with Crippen LogP contribution in [0, 0.1) is 0 Å². The summed E-state index contributed by atoms with van der Waals surface area (Å²) >= 11 is 0.902. The zero-order chi connectivity index (χ0) is 21.6. The third-order valence-electron chi connectivity index (χ3n) is 4.46. The molecule has 0 N–H and O–H groups in total. The highest BCUT2D eigenvalue weighted by Crippen LogP contribution is 2.34. The van der Waals surface area contributed by atoms with Crippen LogP contribution >= 0.6 is 11.3 Å². The van der Waals surface area contributed by atoms with Gasteiger partial charge >= 0.3 is 12.1 Å². The van der Waals surface area contributed by atoms with Crippen molar-refractivity contribution in [2.24, 2.45) is 0 Å². The maximum absolute atomic E-state index is 12.9. The van der Waals surface area contributed by atoms with E-state index in [1.165, 1.54) is 7.11 Å². The van der Waals surface area contributed by atoms with Gasteiger partial charge in [-0.05, 0) is 29.7 Å². The van der Waals surface area contributed by atoms with Crippen LogP contribution in [-0.4, -0.2) is 18.1 Å². The number of esters is 1. The number of methoxy groups -OCH3 is 1. The summed E-state index contributed by atoms with van der Waals surface area (Å²) in [5, 5.41) is 1.23. The van der Waals surface area contributed by atoms with Crippen LogP contribution in [0.1, 0.15) is 34.2 Å². The maximum atomic E-state index is 12.9. The lowest BCUT2D eigenvalue weighted by Gasteiger charge is -2.14. The van der Waals surface area contributed by atoms with Crippen molar-refractivity contribution in [3.63, 3.8) is 0 Å². The van der Waals surface area contributed by atoms with Gasteiger partial charge in [-0.1, -0.05) is 42.5 Å². The van der Waals surface area contributed by atoms with Crippen molar-refractivity contribution < 1.29 is 27.4 Å². The van der Waals surface area contributed by atoms with Crippen LogP contribution < -0.4 is 4.74 Å². The number of thiazole rings is 1. The quantitative estimate of drug-likeness (QED) is 0.430. The minimum absolute atomic E-state index is 0.0480. The first-order valence-corrected chi connectivity index (χ1v) is 10.1. The number of nitrogens with zero attached hydrogens (tertiary/aromatic N) is 1. The molecule has 3 rings (SSSR count). The van der Waals surface area contributed by atoms with Gasteiger partial charge in [-0.2, -0.15) is 13.2 Å². The van der Waals surface area contributed by atoms with Crippen LogP contribution in [0.3, 0.4) is 0 Å². The Balaban J connectivity index is 1.69. The first-order valence-electron chi connectivity index (χ1n) is 9.20. The molecule has 1 aromatic heterocycles. The van der Waals surface area contributed by atoms with E-state index in [2.05, 4.69) is 4.98 Å². The van der Waals surface area contributed by atoms with Crippen molar-refractivity contribution in [2.45, 2.75) is 31.5 Å². The number of rotatable bonds is 8. The molecule has 1 atom stereocenters. The molecular weight excluding hydrogens is 415 g/mol. The van der Waals surface area contributed by atoms with Gasteiger partial charge in [0.05, 0.1) is 18.5 Å². The first-order chi connectivity index (χ1) is 14.3. The third-order valence-corrected chi connectivity index (χ3v) is 5.46. The molecule has 0 aliphatic rings. The summed E-state index contributed by atoms with van der Waals surface area (Å²) in [6, 6.07) is 17.0. The summed E-state index contributed by atoms with van der Waals surface area (Å²) in [5.41, 5.74) is 0.964. The SMILES string of the molecule is COC(=O)CC(Cc1ccc(OCc2ccccc2)cc1)c1nc(C(F)(F)F)cs1. The largest absolute Gasteiger partial charge is 0.489 e. The standard InChI is InChI=1S/C22H20F3NO3S/c1-28-20(27)12-17(21-26-19(14-30-21)22(23,24)25)11-15-7-9-18(10-8-15)29-13-16-5-3-2-4-6-16/h2-10,14,17H,11-13H2,1H3. The lowest BCUT2D eigenvalue weighted by atomic mass is 9.96. The molecule has 158 valence electrons. The normalized spacial score (nSPS) is 12.4. The van der Waals surface area contributed by atoms with Crippen molar-refractivity contribution in [2.75, 3.05) is 7.11 Å². The molecule has 0 spiro atoms. The van der Waals surface area contributed by atoms with Crippen molar-refractivity contribution in [3.8, 4) is 5.75 Å². The molecule has 0 radical (unpaired) electrons. The fraction of sp³-hybridized carbons (Fsp3) is 0.273. The van der Waals surface area contributed by atoms with E-state index < -0.39 is 23.8 Å². The van der Waals surface area contributed by atoms with Crippen molar-refractivity contribution >= 4 is 17.3 Å². The first kappa shape index (κ1) is 21.8. The molecule has 8 heteroatoms. The lowest BCUT2D eigenvalue weighted by Crippen LogP contribution is -2.12. The number of carbonyl (C=O) groups excluding carboxylic acids is 1. The average Bonchev–Trinajstić information content (AvgIpc) is 3.24. The summed E-state index contributed by atoms with van der Waals surface area (Å²) in [6.07, 6.45) is -4.20. The molecule has 0 aliphatic carbocycles. The number of alkyl halides is 3. The summed E-state index contributed by atoms with van der Waals surface area (Å²) in [5.74, 6) is -0.318. The monoisotopic (exact) mass is 435 g/mol. The van der Waals surface area contributed by atoms with Gasteiger partial charge in [-0.3, -0.25) is 4.79 Å². The number of halogens is 3. The fourth-order valence-corrected chi connectivity index (χ4v) is 3.81.